The van der Waals surface area contributed by atoms with Crippen LogP contribution in [0, 0.1) is 0 Å². The summed E-state index contributed by atoms with van der Waals surface area (Å²) in [7, 11) is 1.71. The van der Waals surface area contributed by atoms with Gasteiger partial charge in [0.05, 0.1) is 31.3 Å². The van der Waals surface area contributed by atoms with E-state index < -0.39 is 6.09 Å². The van der Waals surface area contributed by atoms with Gasteiger partial charge < -0.3 is 19.8 Å². The van der Waals surface area contributed by atoms with Crippen molar-refractivity contribution in [3.05, 3.63) is 24.5 Å². The molecule has 0 unspecified atom stereocenters. The second-order valence-electron chi connectivity index (χ2n) is 5.17. The third-order valence-electron chi connectivity index (χ3n) is 3.92. The molecular formula is C13H16N4O2. The van der Waals surface area contributed by atoms with Crippen molar-refractivity contribution in [1.29, 1.82) is 0 Å². The number of carboxylic acid groups (broad SMARTS) is 1. The first-order valence-electron chi connectivity index (χ1n) is 6.33. The Balaban J connectivity index is 1.84. The second kappa shape index (κ2) is 4.24. The number of pyridine rings is 1. The molecule has 1 aliphatic rings. The van der Waals surface area contributed by atoms with Gasteiger partial charge in [-0.1, -0.05) is 0 Å². The smallest absolute Gasteiger partial charge is 0.257 e. The third kappa shape index (κ3) is 1.94. The number of rotatable bonds is 1. The molecule has 6 nitrogen and oxygen atoms in total. The number of anilines is 1. The molecule has 0 aromatic carbocycles. The van der Waals surface area contributed by atoms with Gasteiger partial charge in [0.15, 0.2) is 0 Å². The van der Waals surface area contributed by atoms with Crippen LogP contribution in [0.25, 0.3) is 11.0 Å². The molecule has 1 aliphatic heterocycles. The number of quaternary nitrogens is 1. The predicted octanol–water partition coefficient (Wildman–Crippen LogP) is 0.173. The molecule has 1 amide bonds. The van der Waals surface area contributed by atoms with Crippen molar-refractivity contribution in [3.63, 3.8) is 0 Å². The number of hydrogen-bond acceptors (Lipinski definition) is 4. The first kappa shape index (κ1) is 12.0. The van der Waals surface area contributed by atoms with E-state index in [9.17, 15) is 9.90 Å². The first-order chi connectivity index (χ1) is 9.10. The molecule has 0 aliphatic carbocycles. The van der Waals surface area contributed by atoms with Gasteiger partial charge in [-0.25, -0.2) is 0 Å². The quantitative estimate of drug-likeness (QED) is 0.742. The van der Waals surface area contributed by atoms with Gasteiger partial charge >= 0.3 is 0 Å². The van der Waals surface area contributed by atoms with E-state index in [1.165, 1.54) is 0 Å². The van der Waals surface area contributed by atoms with E-state index in [0.717, 1.165) is 16.7 Å². The number of fused-ring (bicyclic) bond motifs is 1. The van der Waals surface area contributed by atoms with Crippen molar-refractivity contribution >= 4 is 22.8 Å². The molecule has 100 valence electrons. The van der Waals surface area contributed by atoms with Gasteiger partial charge in [0.25, 0.3) is 6.09 Å². The molecule has 6 heteroatoms. The van der Waals surface area contributed by atoms with Gasteiger partial charge in [0, 0.05) is 12.4 Å². The van der Waals surface area contributed by atoms with Crippen molar-refractivity contribution in [2.45, 2.75) is 0 Å². The van der Waals surface area contributed by atoms with Gasteiger partial charge in [-0.15, -0.1) is 0 Å². The summed E-state index contributed by atoms with van der Waals surface area (Å²) in [6.07, 6.45) is 2.70. The van der Waals surface area contributed by atoms with Crippen LogP contribution in [-0.2, 0) is 0 Å². The largest absolute Gasteiger partial charge is 0.498 e. The summed E-state index contributed by atoms with van der Waals surface area (Å²) in [6, 6.07) is 3.87. The van der Waals surface area contributed by atoms with Gasteiger partial charge in [-0.05, 0) is 12.1 Å². The Morgan fingerprint density at radius 3 is 2.89 bits per heavy atom. The SMILES string of the molecule is C[N+]1(C(=O)[O-])CCN(c2c[nH]c3cccnc23)CC1. The van der Waals surface area contributed by atoms with Crippen LogP contribution in [0.15, 0.2) is 24.5 Å². The van der Waals surface area contributed by atoms with Crippen LogP contribution in [0.4, 0.5) is 10.5 Å². The number of nitrogens with zero attached hydrogens (tertiary/aromatic N) is 3. The number of carbonyl (C=O) groups excluding carboxylic acids is 1. The van der Waals surface area contributed by atoms with Crippen molar-refractivity contribution in [2.75, 3.05) is 38.1 Å². The number of hydrogen-bond donors (Lipinski definition) is 1. The fourth-order valence-electron chi connectivity index (χ4n) is 2.51. The molecule has 0 bridgehead atoms. The number of aromatic nitrogens is 2. The van der Waals surface area contributed by atoms with Crippen LogP contribution in [-0.4, -0.2) is 53.8 Å². The van der Waals surface area contributed by atoms with Gasteiger partial charge in [0.2, 0.25) is 0 Å². The number of aromatic amines is 1. The van der Waals surface area contributed by atoms with E-state index in [1.807, 2.05) is 18.3 Å². The molecule has 2 aromatic rings. The second-order valence-corrected chi connectivity index (χ2v) is 5.17. The van der Waals surface area contributed by atoms with E-state index in [4.69, 9.17) is 0 Å². The molecule has 0 saturated carbocycles. The molecule has 1 saturated heterocycles. The van der Waals surface area contributed by atoms with Gasteiger partial charge in [-0.2, -0.15) is 0 Å². The summed E-state index contributed by atoms with van der Waals surface area (Å²) in [5.74, 6) is 0. The van der Waals surface area contributed by atoms with E-state index in [0.29, 0.717) is 26.2 Å². The lowest BCUT2D eigenvalue weighted by Gasteiger charge is -2.41. The Morgan fingerprint density at radius 1 is 1.47 bits per heavy atom. The van der Waals surface area contributed by atoms with Crippen LogP contribution in [0.1, 0.15) is 0 Å². The zero-order valence-electron chi connectivity index (χ0n) is 10.8. The summed E-state index contributed by atoms with van der Waals surface area (Å²) in [6.45, 7) is 2.46. The Morgan fingerprint density at radius 2 is 2.21 bits per heavy atom. The Hall–Kier alpha value is -2.08. The summed E-state index contributed by atoms with van der Waals surface area (Å²) >= 11 is 0. The van der Waals surface area contributed by atoms with E-state index in [1.54, 1.807) is 13.2 Å². The highest BCUT2D eigenvalue weighted by Gasteiger charge is 2.31. The maximum atomic E-state index is 11.1. The lowest BCUT2D eigenvalue weighted by Crippen LogP contribution is -2.64. The molecular weight excluding hydrogens is 244 g/mol. The van der Waals surface area contributed by atoms with Crippen molar-refractivity contribution in [2.24, 2.45) is 0 Å². The minimum Gasteiger partial charge on any atom is -0.498 e. The van der Waals surface area contributed by atoms with E-state index in [-0.39, 0.29) is 4.48 Å². The minimum absolute atomic E-state index is 0.0215. The highest BCUT2D eigenvalue weighted by atomic mass is 16.4. The Labute approximate surface area is 110 Å². The fraction of sp³-hybridized carbons (Fsp3) is 0.385. The number of H-pyrrole nitrogens is 1. The Bertz CT molecular complexity index is 614. The molecule has 0 radical (unpaired) electrons. The molecule has 0 spiro atoms. The summed E-state index contributed by atoms with van der Waals surface area (Å²) in [5, 5.41) is 11.1. The monoisotopic (exact) mass is 260 g/mol. The molecule has 0 atom stereocenters. The van der Waals surface area contributed by atoms with Crippen molar-refractivity contribution < 1.29 is 14.4 Å². The maximum absolute atomic E-state index is 11.1. The van der Waals surface area contributed by atoms with Gasteiger partial charge in [-0.3, -0.25) is 9.47 Å². The van der Waals surface area contributed by atoms with Crippen LogP contribution in [0.3, 0.4) is 0 Å². The maximum Gasteiger partial charge on any atom is 0.257 e. The summed E-state index contributed by atoms with van der Waals surface area (Å²) < 4.78 is -0.0215. The number of nitrogens with one attached hydrogen (secondary N) is 1. The highest BCUT2D eigenvalue weighted by Crippen LogP contribution is 2.26. The van der Waals surface area contributed by atoms with E-state index >= 15 is 0 Å². The first-order valence-corrected chi connectivity index (χ1v) is 6.33. The number of carbonyl (C=O) groups is 1. The molecule has 2 aromatic heterocycles. The molecule has 3 heterocycles. The predicted molar refractivity (Wildman–Crippen MR) is 69.6 cm³/mol. The zero-order valence-corrected chi connectivity index (χ0v) is 10.8. The van der Waals surface area contributed by atoms with Crippen molar-refractivity contribution in [3.8, 4) is 0 Å². The summed E-state index contributed by atoms with van der Waals surface area (Å²) in [5.41, 5.74) is 2.98. The normalized spacial score (nSPS) is 18.7. The van der Waals surface area contributed by atoms with E-state index in [2.05, 4.69) is 14.9 Å². The van der Waals surface area contributed by atoms with Gasteiger partial charge in [0.1, 0.15) is 18.6 Å². The summed E-state index contributed by atoms with van der Waals surface area (Å²) in [4.78, 5) is 20.9. The third-order valence-corrected chi connectivity index (χ3v) is 3.92. The van der Waals surface area contributed by atoms with Crippen LogP contribution in [0.2, 0.25) is 0 Å². The topological polar surface area (TPSA) is 72.0 Å². The minimum atomic E-state index is -1.00. The van der Waals surface area contributed by atoms with Crippen LogP contribution in [0.5, 0.6) is 0 Å². The molecule has 19 heavy (non-hydrogen) atoms. The molecule has 1 fully saturated rings. The number of amides is 1. The highest BCUT2D eigenvalue weighted by molar-refractivity contribution is 5.89. The molecule has 3 rings (SSSR count). The standard InChI is InChI=1S/C13H16N4O2/c1-17(13(18)19)7-5-16(6-8-17)11-9-15-10-3-2-4-14-12(10)11/h2-4,9H,5-8H2,1H3,(H-,14,15,18,19). The number of piperazine rings is 1. The zero-order chi connectivity index (χ0) is 13.5. The van der Waals surface area contributed by atoms with Crippen LogP contribution < -0.4 is 10.0 Å². The average Bonchev–Trinajstić information content (AvgIpc) is 2.83. The van der Waals surface area contributed by atoms with Crippen molar-refractivity contribution in [1.82, 2.24) is 9.97 Å². The molecule has 1 N–H and O–H groups in total. The lowest BCUT2D eigenvalue weighted by atomic mass is 10.2. The fourth-order valence-corrected chi connectivity index (χ4v) is 2.51. The average molecular weight is 260 g/mol. The lowest BCUT2D eigenvalue weighted by molar-refractivity contribution is -0.858. The Kier molecular flexibility index (Phi) is 2.67. The number of likely N-dealkylation sites (N-methyl/N-ethyl adjacent to an activating group) is 1. The van der Waals surface area contributed by atoms with Crippen LogP contribution >= 0.6 is 0 Å².